The Balaban J connectivity index is 1.90. The minimum atomic E-state index is -1.64. The highest BCUT2D eigenvalue weighted by Gasteiger charge is 2.30. The molecular weight excluding hydrogens is 449 g/mol. The number of esters is 1. The Hall–Kier alpha value is -2.52. The zero-order chi connectivity index (χ0) is 24.2. The third-order valence-corrected chi connectivity index (χ3v) is 5.87. The second-order valence-corrected chi connectivity index (χ2v) is 8.90. The molecule has 0 aliphatic carbocycles. The molecule has 1 heterocycles. The maximum absolute atomic E-state index is 12.2. The number of para-hydroxylation sites is 1. The monoisotopic (exact) mass is 481 g/mol. The molecule has 0 saturated carbocycles. The Morgan fingerprint density at radius 1 is 1.24 bits per heavy atom. The van der Waals surface area contributed by atoms with Crippen LogP contribution in [0.2, 0.25) is 0 Å². The molecule has 0 aromatic heterocycles. The average Bonchev–Trinajstić information content (AvgIpc) is 3.25. The summed E-state index contributed by atoms with van der Waals surface area (Å²) in [7, 11) is 0.142. The quantitative estimate of drug-likeness (QED) is 0.190. The lowest BCUT2D eigenvalue weighted by molar-refractivity contribution is -0.149. The van der Waals surface area contributed by atoms with Gasteiger partial charge in [-0.15, -0.1) is 0 Å². The number of benzene rings is 1. The third kappa shape index (κ3) is 9.88. The smallest absolute Gasteiger partial charge is 0.323 e. The van der Waals surface area contributed by atoms with Crippen LogP contribution in [-0.4, -0.2) is 61.3 Å². The molecule has 2 rings (SSSR count). The van der Waals surface area contributed by atoms with Crippen molar-refractivity contribution >= 4 is 26.8 Å². The molecule has 4 unspecified atom stereocenters. The maximum atomic E-state index is 12.2. The summed E-state index contributed by atoms with van der Waals surface area (Å²) in [5, 5.41) is 5.11. The molecule has 1 aliphatic heterocycles. The first-order chi connectivity index (χ1) is 15.8. The number of rotatable bonds is 13. The molecule has 2 amide bonds. The van der Waals surface area contributed by atoms with Crippen molar-refractivity contribution in [1.29, 1.82) is 0 Å². The van der Waals surface area contributed by atoms with Gasteiger partial charge in [0.25, 0.3) is 5.91 Å². The number of nitrogens with one attached hydrogen (secondary N) is 2. The van der Waals surface area contributed by atoms with Crippen LogP contribution in [0.5, 0.6) is 5.75 Å². The number of amides is 2. The van der Waals surface area contributed by atoms with Crippen molar-refractivity contribution in [1.82, 2.24) is 15.3 Å². The molecule has 0 spiro atoms. The van der Waals surface area contributed by atoms with Gasteiger partial charge < -0.3 is 23.4 Å². The highest BCUT2D eigenvalue weighted by Crippen LogP contribution is 2.37. The van der Waals surface area contributed by atoms with Gasteiger partial charge in [0, 0.05) is 19.3 Å². The van der Waals surface area contributed by atoms with Gasteiger partial charge >= 0.3 is 14.5 Å². The van der Waals surface area contributed by atoms with Crippen molar-refractivity contribution in [3.63, 3.8) is 0 Å². The van der Waals surface area contributed by atoms with E-state index in [2.05, 4.69) is 5.09 Å². The summed E-state index contributed by atoms with van der Waals surface area (Å²) < 4.78 is 23.2. The Morgan fingerprint density at radius 2 is 1.97 bits per heavy atom. The lowest BCUT2D eigenvalue weighted by atomic mass is 10.2. The molecular formula is C22H32N3O7P. The predicted octanol–water partition coefficient (Wildman–Crippen LogP) is 2.46. The van der Waals surface area contributed by atoms with Crippen molar-refractivity contribution in [2.24, 2.45) is 0 Å². The van der Waals surface area contributed by atoms with E-state index in [0.29, 0.717) is 12.2 Å². The average molecular weight is 481 g/mol. The number of imide groups is 1. The van der Waals surface area contributed by atoms with Gasteiger partial charge in [-0.25, -0.2) is 5.09 Å². The van der Waals surface area contributed by atoms with Crippen molar-refractivity contribution < 1.29 is 32.9 Å². The molecule has 33 heavy (non-hydrogen) atoms. The molecule has 182 valence electrons. The number of nitrogens with zero attached hydrogens (tertiary/aromatic N) is 1. The van der Waals surface area contributed by atoms with E-state index in [-0.39, 0.29) is 31.0 Å². The fourth-order valence-electron chi connectivity index (χ4n) is 2.86. The Morgan fingerprint density at radius 3 is 2.64 bits per heavy atom. The highest BCUT2D eigenvalue weighted by atomic mass is 31.2. The van der Waals surface area contributed by atoms with E-state index in [9.17, 15) is 14.4 Å². The second-order valence-electron chi connectivity index (χ2n) is 7.69. The zero-order valence-corrected chi connectivity index (χ0v) is 20.2. The molecule has 1 saturated heterocycles. The molecule has 0 bridgehead atoms. The lowest BCUT2D eigenvalue weighted by Crippen LogP contribution is -2.35. The number of carbonyl (C=O) groups is 3. The van der Waals surface area contributed by atoms with Crippen molar-refractivity contribution in [2.75, 3.05) is 13.7 Å². The summed E-state index contributed by atoms with van der Waals surface area (Å²) in [6, 6.07) is 8.58. The van der Waals surface area contributed by atoms with Gasteiger partial charge in [0.05, 0.1) is 18.8 Å². The maximum Gasteiger partial charge on any atom is 0.323 e. The lowest BCUT2D eigenvalue weighted by Gasteiger charge is -2.25. The summed E-state index contributed by atoms with van der Waals surface area (Å²) >= 11 is 0. The first-order valence-electron chi connectivity index (χ1n) is 10.7. The summed E-state index contributed by atoms with van der Waals surface area (Å²) in [5.41, 5.74) is 0. The fraction of sp³-hybridized carbons (Fsp3) is 0.500. The summed E-state index contributed by atoms with van der Waals surface area (Å²) in [6.45, 7) is 5.54. The van der Waals surface area contributed by atoms with E-state index in [1.807, 2.05) is 35.6 Å². The summed E-state index contributed by atoms with van der Waals surface area (Å²) in [5.74, 6) is -0.277. The van der Waals surface area contributed by atoms with Gasteiger partial charge in [-0.3, -0.25) is 19.7 Å². The van der Waals surface area contributed by atoms with Crippen molar-refractivity contribution in [3.8, 4) is 5.75 Å². The molecule has 1 aromatic carbocycles. The van der Waals surface area contributed by atoms with Crippen LogP contribution in [0.3, 0.4) is 0 Å². The minimum Gasteiger partial charge on any atom is -0.462 e. The standard InChI is InChI=1S/C22H32N3O7P/c1-16(2)30-22(28)17(3)24-33(32-18-8-6-5-7-9-18)29-14-19-10-11-21(31-19)25(4)13-12-20(27)23-15-26/h5-9,12-13,15-17,19,21,24H,10-11,14H2,1-4H3,(H,23,26,27)/b13-12-. The Bertz CT molecular complexity index is 793. The summed E-state index contributed by atoms with van der Waals surface area (Å²) in [6.07, 6.45) is 4.02. The van der Waals surface area contributed by atoms with Gasteiger partial charge in [0.1, 0.15) is 18.0 Å². The van der Waals surface area contributed by atoms with Crippen LogP contribution < -0.4 is 14.9 Å². The largest absolute Gasteiger partial charge is 0.462 e. The molecule has 1 aliphatic rings. The van der Waals surface area contributed by atoms with Crippen molar-refractivity contribution in [3.05, 3.63) is 42.6 Å². The molecule has 10 nitrogen and oxygen atoms in total. The highest BCUT2D eigenvalue weighted by molar-refractivity contribution is 7.45. The zero-order valence-electron chi connectivity index (χ0n) is 19.3. The molecule has 0 radical (unpaired) electrons. The van der Waals surface area contributed by atoms with Gasteiger partial charge in [0.2, 0.25) is 6.41 Å². The first kappa shape index (κ1) is 26.7. The molecule has 11 heteroatoms. The normalized spacial score (nSPS) is 19.8. The van der Waals surface area contributed by atoms with Gasteiger partial charge in [0.15, 0.2) is 0 Å². The molecule has 1 fully saturated rings. The van der Waals surface area contributed by atoms with E-state index in [0.717, 1.165) is 12.8 Å². The van der Waals surface area contributed by atoms with Gasteiger partial charge in [-0.1, -0.05) is 18.2 Å². The number of ether oxygens (including phenoxy) is 2. The third-order valence-electron chi connectivity index (χ3n) is 4.52. The van der Waals surface area contributed by atoms with Crippen LogP contribution in [0.1, 0.15) is 33.6 Å². The second kappa shape index (κ2) is 13.9. The van der Waals surface area contributed by atoms with E-state index >= 15 is 0 Å². The first-order valence-corrected chi connectivity index (χ1v) is 11.9. The van der Waals surface area contributed by atoms with Crippen LogP contribution in [0, 0.1) is 0 Å². The Kier molecular flexibility index (Phi) is 11.3. The van der Waals surface area contributed by atoms with E-state index < -0.39 is 20.5 Å². The van der Waals surface area contributed by atoms with Crippen LogP contribution >= 0.6 is 8.53 Å². The molecule has 4 atom stereocenters. The van der Waals surface area contributed by atoms with Crippen LogP contribution in [0.4, 0.5) is 0 Å². The van der Waals surface area contributed by atoms with E-state index in [1.54, 1.807) is 38.9 Å². The van der Waals surface area contributed by atoms with Gasteiger partial charge in [-0.2, -0.15) is 0 Å². The Labute approximate surface area is 195 Å². The van der Waals surface area contributed by atoms with E-state index in [4.69, 9.17) is 18.5 Å². The number of hydrogen-bond donors (Lipinski definition) is 2. The number of carbonyl (C=O) groups excluding carboxylic acids is 3. The SMILES string of the molecule is CC(C)OC(=O)C(C)NP(OCC1CCC(N(C)/C=C\C(=O)NC=O)O1)Oc1ccccc1. The van der Waals surface area contributed by atoms with Gasteiger partial charge in [-0.05, 0) is 45.7 Å². The minimum absolute atomic E-state index is 0.182. The van der Waals surface area contributed by atoms with Crippen LogP contribution in [0.15, 0.2) is 42.6 Å². The van der Waals surface area contributed by atoms with Crippen LogP contribution in [-0.2, 0) is 28.4 Å². The predicted molar refractivity (Wildman–Crippen MR) is 123 cm³/mol. The summed E-state index contributed by atoms with van der Waals surface area (Å²) in [4.78, 5) is 35.6. The molecule has 2 N–H and O–H groups in total. The fourth-order valence-corrected chi connectivity index (χ4v) is 4.08. The molecule has 1 aromatic rings. The number of hydrogen-bond acceptors (Lipinski definition) is 9. The van der Waals surface area contributed by atoms with Crippen molar-refractivity contribution in [2.45, 2.75) is 58.1 Å². The van der Waals surface area contributed by atoms with E-state index in [1.165, 1.54) is 6.08 Å². The topological polar surface area (TPSA) is 115 Å². The van der Waals surface area contributed by atoms with Crippen LogP contribution in [0.25, 0.3) is 0 Å².